The molecule has 2 aromatic rings. The third-order valence-corrected chi connectivity index (χ3v) is 5.22. The Morgan fingerprint density at radius 2 is 1.53 bits per heavy atom. The van der Waals surface area contributed by atoms with Crippen molar-refractivity contribution in [1.82, 2.24) is 9.80 Å². The van der Waals surface area contributed by atoms with Crippen molar-refractivity contribution in [3.8, 4) is 17.2 Å². The lowest BCUT2D eigenvalue weighted by molar-refractivity contribution is -0.134. The van der Waals surface area contributed by atoms with Crippen LogP contribution in [0.15, 0.2) is 52.5 Å². The Hall–Kier alpha value is -3.33. The number of rotatable bonds is 8. The van der Waals surface area contributed by atoms with Gasteiger partial charge in [-0.3, -0.25) is 19.4 Å². The van der Waals surface area contributed by atoms with E-state index in [1.54, 1.807) is 12.1 Å². The molecule has 1 fully saturated rings. The van der Waals surface area contributed by atoms with Gasteiger partial charge in [-0.1, -0.05) is 18.2 Å². The standard InChI is InChI=1S/C23H23BrN2O6/c1-4-30-19-14-15(12-17-21(27)25(2)23(29)26(3)22(17)28)13-18(24)20(19)32-11-10-31-16-8-6-5-7-9-16/h5-9,12-14H,4,10-11H2,1-3H3. The number of likely N-dealkylation sites (N-methyl/N-ethyl adjacent to an activating group) is 2. The number of urea groups is 1. The van der Waals surface area contributed by atoms with Crippen LogP contribution in [0.25, 0.3) is 6.08 Å². The Kier molecular flexibility index (Phi) is 7.53. The molecule has 2 aromatic carbocycles. The zero-order valence-electron chi connectivity index (χ0n) is 18.0. The number of halogens is 1. The van der Waals surface area contributed by atoms with Crippen LogP contribution in [0.3, 0.4) is 0 Å². The lowest BCUT2D eigenvalue weighted by atomic mass is 10.1. The van der Waals surface area contributed by atoms with E-state index in [1.165, 1.54) is 20.2 Å². The van der Waals surface area contributed by atoms with Crippen molar-refractivity contribution in [3.05, 3.63) is 58.1 Å². The zero-order chi connectivity index (χ0) is 23.3. The van der Waals surface area contributed by atoms with E-state index in [4.69, 9.17) is 14.2 Å². The van der Waals surface area contributed by atoms with Crippen molar-refractivity contribution in [2.24, 2.45) is 0 Å². The molecule has 1 saturated heterocycles. The van der Waals surface area contributed by atoms with E-state index < -0.39 is 17.8 Å². The van der Waals surface area contributed by atoms with Crippen molar-refractivity contribution in [1.29, 1.82) is 0 Å². The normalized spacial score (nSPS) is 14.0. The average molecular weight is 503 g/mol. The smallest absolute Gasteiger partial charge is 0.333 e. The van der Waals surface area contributed by atoms with Crippen molar-refractivity contribution < 1.29 is 28.6 Å². The summed E-state index contributed by atoms with van der Waals surface area (Å²) in [5, 5.41) is 0. The van der Waals surface area contributed by atoms with Crippen molar-refractivity contribution in [2.75, 3.05) is 33.9 Å². The molecular formula is C23H23BrN2O6. The molecule has 8 nitrogen and oxygen atoms in total. The maximum atomic E-state index is 12.5. The van der Waals surface area contributed by atoms with E-state index in [9.17, 15) is 14.4 Å². The number of imide groups is 2. The molecule has 1 heterocycles. The highest BCUT2D eigenvalue weighted by Crippen LogP contribution is 2.38. The van der Waals surface area contributed by atoms with Gasteiger partial charge in [-0.2, -0.15) is 0 Å². The van der Waals surface area contributed by atoms with Gasteiger partial charge in [-0.15, -0.1) is 0 Å². The number of nitrogens with zero attached hydrogens (tertiary/aromatic N) is 2. The first-order valence-electron chi connectivity index (χ1n) is 9.92. The first-order chi connectivity index (χ1) is 15.3. The second-order valence-corrected chi connectivity index (χ2v) is 7.70. The van der Waals surface area contributed by atoms with Gasteiger partial charge in [0.15, 0.2) is 11.5 Å². The van der Waals surface area contributed by atoms with Crippen LogP contribution in [0.2, 0.25) is 0 Å². The average Bonchev–Trinajstić information content (AvgIpc) is 2.79. The minimum Gasteiger partial charge on any atom is -0.490 e. The highest BCUT2D eigenvalue weighted by Gasteiger charge is 2.37. The van der Waals surface area contributed by atoms with Gasteiger partial charge in [0.2, 0.25) is 0 Å². The van der Waals surface area contributed by atoms with E-state index >= 15 is 0 Å². The van der Waals surface area contributed by atoms with Crippen LogP contribution in [0.5, 0.6) is 17.2 Å². The maximum Gasteiger partial charge on any atom is 0.333 e. The Bertz CT molecular complexity index is 1030. The summed E-state index contributed by atoms with van der Waals surface area (Å²) in [6, 6.07) is 12.1. The molecule has 4 amide bonds. The molecule has 0 atom stereocenters. The van der Waals surface area contributed by atoms with Crippen molar-refractivity contribution >= 4 is 39.9 Å². The molecule has 0 spiro atoms. The molecule has 9 heteroatoms. The number of benzene rings is 2. The number of hydrogen-bond acceptors (Lipinski definition) is 6. The van der Waals surface area contributed by atoms with Crippen molar-refractivity contribution in [2.45, 2.75) is 6.92 Å². The molecule has 168 valence electrons. The summed E-state index contributed by atoms with van der Waals surface area (Å²) in [4.78, 5) is 38.6. The molecule has 0 saturated carbocycles. The molecule has 1 aliphatic heterocycles. The van der Waals surface area contributed by atoms with Crippen LogP contribution in [-0.2, 0) is 9.59 Å². The van der Waals surface area contributed by atoms with Crippen LogP contribution in [0.1, 0.15) is 12.5 Å². The van der Waals surface area contributed by atoms with Gasteiger partial charge in [0.05, 0.1) is 11.1 Å². The molecule has 0 radical (unpaired) electrons. The van der Waals surface area contributed by atoms with Gasteiger partial charge >= 0.3 is 6.03 Å². The quantitative estimate of drug-likeness (QED) is 0.310. The number of hydrogen-bond donors (Lipinski definition) is 0. The fourth-order valence-electron chi connectivity index (χ4n) is 3.04. The fourth-order valence-corrected chi connectivity index (χ4v) is 3.61. The molecule has 0 unspecified atom stereocenters. The molecule has 32 heavy (non-hydrogen) atoms. The molecular weight excluding hydrogens is 480 g/mol. The van der Waals surface area contributed by atoms with Crippen LogP contribution in [0.4, 0.5) is 4.79 Å². The summed E-state index contributed by atoms with van der Waals surface area (Å²) in [6.45, 7) is 2.85. The topological polar surface area (TPSA) is 85.4 Å². The SMILES string of the molecule is CCOc1cc(C=C2C(=O)N(C)C(=O)N(C)C2=O)cc(Br)c1OCCOc1ccccc1. The van der Waals surface area contributed by atoms with Gasteiger partial charge in [0.1, 0.15) is 24.5 Å². The largest absolute Gasteiger partial charge is 0.490 e. The minimum absolute atomic E-state index is 0.117. The lowest BCUT2D eigenvalue weighted by Crippen LogP contribution is -2.52. The number of ether oxygens (including phenoxy) is 3. The number of carbonyl (C=O) groups excluding carboxylic acids is 3. The monoisotopic (exact) mass is 502 g/mol. The van der Waals surface area contributed by atoms with E-state index in [1.807, 2.05) is 37.3 Å². The maximum absolute atomic E-state index is 12.5. The number of barbiturate groups is 1. The summed E-state index contributed by atoms with van der Waals surface area (Å²) in [5.41, 5.74) is 0.426. The predicted molar refractivity (Wildman–Crippen MR) is 122 cm³/mol. The first kappa shape index (κ1) is 23.3. The summed E-state index contributed by atoms with van der Waals surface area (Å²) < 4.78 is 17.8. The highest BCUT2D eigenvalue weighted by atomic mass is 79.9. The molecule has 0 aromatic heterocycles. The van der Waals surface area contributed by atoms with E-state index in [-0.39, 0.29) is 12.2 Å². The van der Waals surface area contributed by atoms with E-state index in [0.29, 0.717) is 34.7 Å². The minimum atomic E-state index is -0.671. The number of carbonyl (C=O) groups is 3. The summed E-state index contributed by atoms with van der Waals surface area (Å²) >= 11 is 3.47. The van der Waals surface area contributed by atoms with Gasteiger partial charge in [0.25, 0.3) is 11.8 Å². The van der Waals surface area contributed by atoms with Crippen molar-refractivity contribution in [3.63, 3.8) is 0 Å². The molecule has 0 aliphatic carbocycles. The third-order valence-electron chi connectivity index (χ3n) is 4.63. The summed E-state index contributed by atoms with van der Waals surface area (Å²) in [7, 11) is 2.66. The van der Waals surface area contributed by atoms with Crippen LogP contribution in [-0.4, -0.2) is 61.6 Å². The first-order valence-corrected chi connectivity index (χ1v) is 10.7. The second-order valence-electron chi connectivity index (χ2n) is 6.84. The van der Waals surface area contributed by atoms with Crippen LogP contribution >= 0.6 is 15.9 Å². The lowest BCUT2D eigenvalue weighted by Gasteiger charge is -2.28. The van der Waals surface area contributed by atoms with Gasteiger partial charge in [-0.25, -0.2) is 4.79 Å². The molecule has 0 N–H and O–H groups in total. The van der Waals surface area contributed by atoms with Crippen LogP contribution < -0.4 is 14.2 Å². The number of amides is 4. The Morgan fingerprint density at radius 3 is 2.16 bits per heavy atom. The van der Waals surface area contributed by atoms with Gasteiger partial charge in [0, 0.05) is 14.1 Å². The summed E-state index contributed by atoms with van der Waals surface area (Å²) in [6.07, 6.45) is 1.43. The Balaban J connectivity index is 1.80. The van der Waals surface area contributed by atoms with E-state index in [2.05, 4.69) is 15.9 Å². The molecule has 1 aliphatic rings. The van der Waals surface area contributed by atoms with E-state index in [0.717, 1.165) is 15.5 Å². The Morgan fingerprint density at radius 1 is 0.906 bits per heavy atom. The predicted octanol–water partition coefficient (Wildman–Crippen LogP) is 3.74. The van der Waals surface area contributed by atoms with Gasteiger partial charge < -0.3 is 14.2 Å². The fraction of sp³-hybridized carbons (Fsp3) is 0.261. The zero-order valence-corrected chi connectivity index (χ0v) is 19.5. The molecule has 3 rings (SSSR count). The molecule has 0 bridgehead atoms. The Labute approximate surface area is 194 Å². The highest BCUT2D eigenvalue weighted by molar-refractivity contribution is 9.10. The number of para-hydroxylation sites is 1. The van der Waals surface area contributed by atoms with Crippen LogP contribution in [0, 0.1) is 0 Å². The second kappa shape index (κ2) is 10.3. The summed E-state index contributed by atoms with van der Waals surface area (Å²) in [5.74, 6) is 0.354. The van der Waals surface area contributed by atoms with Gasteiger partial charge in [-0.05, 0) is 58.8 Å². The third kappa shape index (κ3) is 5.11.